The Kier molecular flexibility index (Phi) is 5.54. The minimum Gasteiger partial charge on any atom is -0.247 e. The van der Waals surface area contributed by atoms with Gasteiger partial charge in [-0.05, 0) is 91.8 Å². The van der Waals surface area contributed by atoms with Crippen molar-refractivity contribution < 1.29 is 4.39 Å². The predicted molar refractivity (Wildman–Crippen MR) is 113 cm³/mol. The molecule has 3 saturated carbocycles. The lowest BCUT2D eigenvalue weighted by atomic mass is 9.47. The van der Waals surface area contributed by atoms with E-state index in [1.54, 1.807) is 0 Å². The SMILES string of the molecule is CC(C)CCCC[C@H]1CC[C@H]2[C@@H]3CC=C4CC(F)CC[C@]4(C)[C@H]3CC[C@]12C. The first-order valence-corrected chi connectivity index (χ1v) is 12.2. The maximum absolute atomic E-state index is 14.0. The van der Waals surface area contributed by atoms with E-state index in [-0.39, 0.29) is 0 Å². The van der Waals surface area contributed by atoms with Crippen LogP contribution in [0.1, 0.15) is 105 Å². The Morgan fingerprint density at radius 2 is 1.85 bits per heavy atom. The minimum absolute atomic E-state index is 0.322. The van der Waals surface area contributed by atoms with Gasteiger partial charge in [-0.25, -0.2) is 4.39 Å². The second-order valence-corrected chi connectivity index (χ2v) is 11.6. The second kappa shape index (κ2) is 7.49. The molecule has 0 aromatic rings. The molecule has 0 heterocycles. The van der Waals surface area contributed by atoms with Crippen molar-refractivity contribution in [3.8, 4) is 0 Å². The third-order valence-electron chi connectivity index (χ3n) is 9.82. The van der Waals surface area contributed by atoms with Crippen LogP contribution < -0.4 is 0 Å². The molecule has 0 radical (unpaired) electrons. The van der Waals surface area contributed by atoms with E-state index in [1.165, 1.54) is 63.4 Å². The fraction of sp³-hybridized carbons (Fsp3) is 0.923. The normalized spacial score (nSPS) is 46.6. The molecule has 4 aliphatic rings. The van der Waals surface area contributed by atoms with E-state index in [0.717, 1.165) is 48.9 Å². The van der Waals surface area contributed by atoms with Crippen LogP contribution in [0.2, 0.25) is 0 Å². The molecular weight excluding hydrogens is 331 g/mol. The Labute approximate surface area is 167 Å². The average molecular weight is 375 g/mol. The Bertz CT molecular complexity index is 563. The zero-order chi connectivity index (χ0) is 19.2. The second-order valence-electron chi connectivity index (χ2n) is 11.6. The van der Waals surface area contributed by atoms with E-state index in [4.69, 9.17) is 0 Å². The summed E-state index contributed by atoms with van der Waals surface area (Å²) < 4.78 is 14.0. The van der Waals surface area contributed by atoms with Crippen LogP contribution in [0, 0.1) is 40.4 Å². The molecule has 0 aliphatic heterocycles. The third kappa shape index (κ3) is 3.44. The van der Waals surface area contributed by atoms with Crippen molar-refractivity contribution in [2.75, 3.05) is 0 Å². The summed E-state index contributed by atoms with van der Waals surface area (Å²) in [5.74, 6) is 4.48. The molecule has 0 bridgehead atoms. The molecule has 1 heteroatoms. The molecule has 0 aromatic carbocycles. The first-order chi connectivity index (χ1) is 12.8. The summed E-state index contributed by atoms with van der Waals surface area (Å²) in [5.41, 5.74) is 2.41. The van der Waals surface area contributed by atoms with Crippen molar-refractivity contribution >= 4 is 0 Å². The topological polar surface area (TPSA) is 0 Å². The molecule has 7 atom stereocenters. The van der Waals surface area contributed by atoms with E-state index < -0.39 is 6.17 Å². The maximum Gasteiger partial charge on any atom is 0.104 e. The molecule has 1 unspecified atom stereocenters. The van der Waals surface area contributed by atoms with E-state index in [2.05, 4.69) is 33.8 Å². The molecule has 0 saturated heterocycles. The zero-order valence-electron chi connectivity index (χ0n) is 18.4. The Morgan fingerprint density at radius 3 is 2.63 bits per heavy atom. The van der Waals surface area contributed by atoms with E-state index in [0.29, 0.717) is 10.8 Å². The summed E-state index contributed by atoms with van der Waals surface area (Å²) in [6, 6.07) is 0. The summed E-state index contributed by atoms with van der Waals surface area (Å²) in [6.45, 7) is 9.88. The number of rotatable bonds is 5. The van der Waals surface area contributed by atoms with Gasteiger partial charge in [-0.2, -0.15) is 0 Å². The molecule has 27 heavy (non-hydrogen) atoms. The van der Waals surface area contributed by atoms with Crippen LogP contribution in [0.5, 0.6) is 0 Å². The first kappa shape index (κ1) is 20.0. The van der Waals surface area contributed by atoms with Gasteiger partial charge in [0, 0.05) is 6.42 Å². The smallest absolute Gasteiger partial charge is 0.104 e. The van der Waals surface area contributed by atoms with Gasteiger partial charge in [-0.15, -0.1) is 0 Å². The molecule has 4 aliphatic carbocycles. The largest absolute Gasteiger partial charge is 0.247 e. The molecular formula is C26H43F. The number of halogens is 1. The van der Waals surface area contributed by atoms with Crippen LogP contribution in [0.4, 0.5) is 4.39 Å². The number of fused-ring (bicyclic) bond motifs is 5. The zero-order valence-corrected chi connectivity index (χ0v) is 18.4. The molecule has 0 amide bonds. The van der Waals surface area contributed by atoms with Crippen LogP contribution in [0.3, 0.4) is 0 Å². The lowest BCUT2D eigenvalue weighted by Gasteiger charge is -2.58. The molecule has 0 N–H and O–H groups in total. The van der Waals surface area contributed by atoms with E-state index in [9.17, 15) is 4.39 Å². The average Bonchev–Trinajstić information content (AvgIpc) is 2.96. The summed E-state index contributed by atoms with van der Waals surface area (Å²) >= 11 is 0. The number of allylic oxidation sites excluding steroid dienone is 2. The quantitative estimate of drug-likeness (QED) is 0.336. The van der Waals surface area contributed by atoms with Gasteiger partial charge in [0.1, 0.15) is 6.17 Å². The number of hydrogen-bond donors (Lipinski definition) is 0. The van der Waals surface area contributed by atoms with Gasteiger partial charge < -0.3 is 0 Å². The molecule has 0 spiro atoms. The van der Waals surface area contributed by atoms with Crippen LogP contribution in [0.15, 0.2) is 11.6 Å². The fourth-order valence-electron chi connectivity index (χ4n) is 8.14. The molecule has 0 aromatic heterocycles. The molecule has 0 nitrogen and oxygen atoms in total. The highest BCUT2D eigenvalue weighted by molar-refractivity contribution is 5.25. The van der Waals surface area contributed by atoms with Crippen LogP contribution in [0.25, 0.3) is 0 Å². The van der Waals surface area contributed by atoms with Gasteiger partial charge in [-0.1, -0.05) is 58.6 Å². The van der Waals surface area contributed by atoms with Crippen molar-refractivity contribution in [1.82, 2.24) is 0 Å². The van der Waals surface area contributed by atoms with Crippen molar-refractivity contribution in [3.63, 3.8) is 0 Å². The van der Waals surface area contributed by atoms with Gasteiger partial charge in [0.15, 0.2) is 0 Å². The highest BCUT2D eigenvalue weighted by Crippen LogP contribution is 2.66. The molecule has 3 fully saturated rings. The van der Waals surface area contributed by atoms with Crippen molar-refractivity contribution in [2.24, 2.45) is 40.4 Å². The summed E-state index contributed by atoms with van der Waals surface area (Å²) in [7, 11) is 0. The Morgan fingerprint density at radius 1 is 1.04 bits per heavy atom. The van der Waals surface area contributed by atoms with Crippen molar-refractivity contribution in [1.29, 1.82) is 0 Å². The van der Waals surface area contributed by atoms with Gasteiger partial charge in [0.2, 0.25) is 0 Å². The molecule has 154 valence electrons. The Balaban J connectivity index is 1.46. The van der Waals surface area contributed by atoms with Crippen LogP contribution >= 0.6 is 0 Å². The van der Waals surface area contributed by atoms with Gasteiger partial charge in [0.05, 0.1) is 0 Å². The fourth-order valence-corrected chi connectivity index (χ4v) is 8.14. The van der Waals surface area contributed by atoms with E-state index in [1.807, 2.05) is 0 Å². The van der Waals surface area contributed by atoms with Gasteiger partial charge in [-0.3, -0.25) is 0 Å². The maximum atomic E-state index is 14.0. The van der Waals surface area contributed by atoms with Crippen LogP contribution in [-0.4, -0.2) is 6.17 Å². The molecule has 4 rings (SSSR count). The Hall–Kier alpha value is -0.330. The highest BCUT2D eigenvalue weighted by Gasteiger charge is 2.58. The highest BCUT2D eigenvalue weighted by atomic mass is 19.1. The predicted octanol–water partition coefficient (Wildman–Crippen LogP) is 8.12. The summed E-state index contributed by atoms with van der Waals surface area (Å²) in [6.07, 6.45) is 17.4. The summed E-state index contributed by atoms with van der Waals surface area (Å²) in [4.78, 5) is 0. The number of alkyl halides is 1. The van der Waals surface area contributed by atoms with Gasteiger partial charge in [0.25, 0.3) is 0 Å². The standard InChI is InChI=1S/C26H43F/c1-18(2)7-5-6-8-19-10-12-23-22-11-9-20-17-21(27)13-15-26(20,4)24(22)14-16-25(19,23)3/h9,18-19,21-24H,5-8,10-17H2,1-4H3/t19-,21?,22-,23-,24-,25+,26-/m0/s1. The van der Waals surface area contributed by atoms with E-state index >= 15 is 0 Å². The monoisotopic (exact) mass is 374 g/mol. The lowest BCUT2D eigenvalue weighted by Crippen LogP contribution is -2.50. The minimum atomic E-state index is -0.573. The lowest BCUT2D eigenvalue weighted by molar-refractivity contribution is -0.0467. The third-order valence-corrected chi connectivity index (χ3v) is 9.82. The van der Waals surface area contributed by atoms with Crippen LogP contribution in [-0.2, 0) is 0 Å². The van der Waals surface area contributed by atoms with Crippen molar-refractivity contribution in [2.45, 2.75) is 111 Å². The first-order valence-electron chi connectivity index (χ1n) is 12.2. The number of unbranched alkanes of at least 4 members (excludes halogenated alkanes) is 1. The van der Waals surface area contributed by atoms with Gasteiger partial charge >= 0.3 is 0 Å². The van der Waals surface area contributed by atoms with Crippen molar-refractivity contribution in [3.05, 3.63) is 11.6 Å². The number of hydrogen-bond acceptors (Lipinski definition) is 0. The summed E-state index contributed by atoms with van der Waals surface area (Å²) in [5, 5.41) is 0.